The summed E-state index contributed by atoms with van der Waals surface area (Å²) in [6, 6.07) is 0. The smallest absolute Gasteiger partial charge is 0.284 e. The summed E-state index contributed by atoms with van der Waals surface area (Å²) in [5.41, 5.74) is 4.13. The number of nitrogens with two attached hydrogens (primary N) is 1. The Balaban J connectivity index is 1.75. The molecule has 0 bridgehead atoms. The van der Waals surface area contributed by atoms with Crippen LogP contribution in [0.5, 0.6) is 0 Å². The fraction of sp³-hybridized carbons (Fsp3) is 0.737. The minimum Gasteiger partial charge on any atom is -0.418 e. The van der Waals surface area contributed by atoms with Gasteiger partial charge in [0.2, 0.25) is 23.5 Å². The van der Waals surface area contributed by atoms with Gasteiger partial charge in [-0.1, -0.05) is 40.0 Å². The molecule has 1 aromatic heterocycles. The third-order valence-electron chi connectivity index (χ3n) is 5.03. The number of hydrogen-bond donors (Lipinski definition) is 2. The van der Waals surface area contributed by atoms with E-state index in [0.717, 1.165) is 19.3 Å². The summed E-state index contributed by atoms with van der Waals surface area (Å²) in [5.74, 6) is -0.569. The van der Waals surface area contributed by atoms with Crippen molar-refractivity contribution >= 4 is 17.6 Å². The van der Waals surface area contributed by atoms with E-state index in [9.17, 15) is 14.4 Å². The molecule has 0 aromatic carbocycles. The first kappa shape index (κ1) is 21.1. The molecule has 0 radical (unpaired) electrons. The molecule has 1 heterocycles. The van der Waals surface area contributed by atoms with Crippen LogP contribution in [0.3, 0.4) is 0 Å². The molecule has 0 spiro atoms. The predicted octanol–water partition coefficient (Wildman–Crippen LogP) is 2.27. The Labute approximate surface area is 159 Å². The van der Waals surface area contributed by atoms with E-state index in [4.69, 9.17) is 10.2 Å². The van der Waals surface area contributed by atoms with Gasteiger partial charge >= 0.3 is 0 Å². The molecule has 2 rings (SSSR count). The number of unbranched alkanes of at least 4 members (excludes halogenated alkanes) is 1. The average molecular weight is 378 g/mol. The third-order valence-corrected chi connectivity index (χ3v) is 5.03. The van der Waals surface area contributed by atoms with Gasteiger partial charge < -0.3 is 15.5 Å². The van der Waals surface area contributed by atoms with Crippen LogP contribution in [0.15, 0.2) is 4.42 Å². The van der Waals surface area contributed by atoms with Gasteiger partial charge in [-0.25, -0.2) is 0 Å². The Morgan fingerprint density at radius 1 is 1.11 bits per heavy atom. The van der Waals surface area contributed by atoms with Crippen molar-refractivity contribution in [3.63, 3.8) is 0 Å². The normalized spacial score (nSPS) is 16.7. The van der Waals surface area contributed by atoms with Crippen molar-refractivity contribution in [2.75, 3.05) is 6.54 Å². The molecule has 8 heteroatoms. The molecule has 1 aromatic rings. The number of nitrogens with zero attached hydrogens (tertiary/aromatic N) is 2. The molecule has 2 amide bonds. The van der Waals surface area contributed by atoms with Gasteiger partial charge in [0.05, 0.1) is 0 Å². The first-order valence-corrected chi connectivity index (χ1v) is 9.62. The number of primary amides is 1. The highest BCUT2D eigenvalue weighted by Crippen LogP contribution is 2.36. The quantitative estimate of drug-likeness (QED) is 0.406. The SMILES string of the molecule is CC(C)(C)c1nnc(C(=O)CCCCNC(=O)C2(C(N)=O)CCCCC2)o1. The fourth-order valence-corrected chi connectivity index (χ4v) is 3.27. The van der Waals surface area contributed by atoms with E-state index in [-0.39, 0.29) is 29.4 Å². The second-order valence-electron chi connectivity index (χ2n) is 8.31. The number of ketones is 1. The molecule has 0 atom stereocenters. The van der Waals surface area contributed by atoms with Crippen LogP contribution >= 0.6 is 0 Å². The van der Waals surface area contributed by atoms with Crippen LogP contribution in [0.1, 0.15) is 88.7 Å². The lowest BCUT2D eigenvalue weighted by Gasteiger charge is -2.32. The summed E-state index contributed by atoms with van der Waals surface area (Å²) in [5, 5.41) is 10.5. The second-order valence-corrected chi connectivity index (χ2v) is 8.31. The van der Waals surface area contributed by atoms with Crippen molar-refractivity contribution in [2.24, 2.45) is 11.1 Å². The van der Waals surface area contributed by atoms with Gasteiger partial charge in [-0.15, -0.1) is 10.2 Å². The summed E-state index contributed by atoms with van der Waals surface area (Å²) >= 11 is 0. The number of nitrogens with one attached hydrogen (secondary N) is 1. The standard InChI is InChI=1S/C19H30N4O4/c1-18(2,3)17-23-22-14(27-17)13(24)9-5-8-12-21-16(26)19(15(20)25)10-6-4-7-11-19/h4-12H2,1-3H3,(H2,20,25)(H,21,26). The first-order valence-electron chi connectivity index (χ1n) is 9.62. The number of carbonyl (C=O) groups is 3. The molecule has 1 saturated carbocycles. The van der Waals surface area contributed by atoms with E-state index in [1.807, 2.05) is 20.8 Å². The van der Waals surface area contributed by atoms with Crippen LogP contribution in [0.25, 0.3) is 0 Å². The average Bonchev–Trinajstić information content (AvgIpc) is 3.12. The maximum Gasteiger partial charge on any atom is 0.284 e. The van der Waals surface area contributed by atoms with Crippen molar-refractivity contribution in [1.82, 2.24) is 15.5 Å². The maximum absolute atomic E-state index is 12.5. The van der Waals surface area contributed by atoms with Crippen LogP contribution in [-0.4, -0.2) is 34.3 Å². The molecule has 27 heavy (non-hydrogen) atoms. The molecular weight excluding hydrogens is 348 g/mol. The Morgan fingerprint density at radius 3 is 2.33 bits per heavy atom. The highest BCUT2D eigenvalue weighted by molar-refractivity contribution is 6.04. The van der Waals surface area contributed by atoms with E-state index in [0.29, 0.717) is 38.1 Å². The number of amides is 2. The molecule has 8 nitrogen and oxygen atoms in total. The lowest BCUT2D eigenvalue weighted by atomic mass is 9.72. The topological polar surface area (TPSA) is 128 Å². The van der Waals surface area contributed by atoms with Crippen LogP contribution in [0.2, 0.25) is 0 Å². The van der Waals surface area contributed by atoms with Crippen LogP contribution in [0.4, 0.5) is 0 Å². The van der Waals surface area contributed by atoms with Crippen molar-refractivity contribution in [3.05, 3.63) is 11.8 Å². The number of carbonyl (C=O) groups excluding carboxylic acids is 3. The summed E-state index contributed by atoms with van der Waals surface area (Å²) in [7, 11) is 0. The summed E-state index contributed by atoms with van der Waals surface area (Å²) in [6.45, 7) is 6.20. The highest BCUT2D eigenvalue weighted by Gasteiger charge is 2.44. The van der Waals surface area contributed by atoms with Gasteiger partial charge in [0.1, 0.15) is 5.41 Å². The minimum absolute atomic E-state index is 0.0267. The molecule has 3 N–H and O–H groups in total. The molecule has 1 aliphatic carbocycles. The molecule has 1 fully saturated rings. The van der Waals surface area contributed by atoms with E-state index >= 15 is 0 Å². The molecule has 150 valence electrons. The van der Waals surface area contributed by atoms with Crippen molar-refractivity contribution < 1.29 is 18.8 Å². The van der Waals surface area contributed by atoms with E-state index in [1.54, 1.807) is 0 Å². The number of Topliss-reactive ketones (excluding diaryl/α,β-unsaturated/α-hetero) is 1. The van der Waals surface area contributed by atoms with Gasteiger partial charge in [0.25, 0.3) is 5.89 Å². The molecule has 1 aliphatic rings. The number of aromatic nitrogens is 2. The number of rotatable bonds is 8. The Morgan fingerprint density at radius 2 is 1.78 bits per heavy atom. The van der Waals surface area contributed by atoms with Gasteiger partial charge in [-0.2, -0.15) is 0 Å². The lowest BCUT2D eigenvalue weighted by Crippen LogP contribution is -2.51. The zero-order valence-electron chi connectivity index (χ0n) is 16.5. The molecule has 0 aliphatic heterocycles. The van der Waals surface area contributed by atoms with E-state index in [1.165, 1.54) is 0 Å². The Bertz CT molecular complexity index is 684. The van der Waals surface area contributed by atoms with Crippen molar-refractivity contribution in [2.45, 2.75) is 77.6 Å². The fourth-order valence-electron chi connectivity index (χ4n) is 3.27. The van der Waals surface area contributed by atoms with Crippen molar-refractivity contribution in [3.8, 4) is 0 Å². The van der Waals surface area contributed by atoms with Gasteiger partial charge in [-0.3, -0.25) is 14.4 Å². The summed E-state index contributed by atoms with van der Waals surface area (Å²) in [6.07, 6.45) is 5.19. The number of hydrogen-bond acceptors (Lipinski definition) is 6. The molecule has 0 unspecified atom stereocenters. The largest absolute Gasteiger partial charge is 0.418 e. The van der Waals surface area contributed by atoms with Gasteiger partial charge in [0.15, 0.2) is 0 Å². The van der Waals surface area contributed by atoms with Crippen LogP contribution in [0, 0.1) is 5.41 Å². The Kier molecular flexibility index (Phi) is 6.73. The third kappa shape index (κ3) is 5.14. The summed E-state index contributed by atoms with van der Waals surface area (Å²) < 4.78 is 5.43. The zero-order valence-corrected chi connectivity index (χ0v) is 16.5. The van der Waals surface area contributed by atoms with Gasteiger partial charge in [0, 0.05) is 18.4 Å². The highest BCUT2D eigenvalue weighted by atomic mass is 16.4. The van der Waals surface area contributed by atoms with Crippen molar-refractivity contribution in [1.29, 1.82) is 0 Å². The summed E-state index contributed by atoms with van der Waals surface area (Å²) in [4.78, 5) is 36.4. The predicted molar refractivity (Wildman–Crippen MR) is 98.9 cm³/mol. The zero-order chi connectivity index (χ0) is 20.1. The van der Waals surface area contributed by atoms with E-state index < -0.39 is 11.3 Å². The van der Waals surface area contributed by atoms with E-state index in [2.05, 4.69) is 15.5 Å². The van der Waals surface area contributed by atoms with Gasteiger partial charge in [-0.05, 0) is 25.7 Å². The first-order chi connectivity index (χ1) is 12.7. The van der Waals surface area contributed by atoms with Crippen LogP contribution < -0.4 is 11.1 Å². The minimum atomic E-state index is -1.07. The maximum atomic E-state index is 12.5. The monoisotopic (exact) mass is 378 g/mol. The molecular formula is C19H30N4O4. The van der Waals surface area contributed by atoms with Crippen LogP contribution in [-0.2, 0) is 15.0 Å². The molecule has 0 saturated heterocycles. The Hall–Kier alpha value is -2.25. The lowest BCUT2D eigenvalue weighted by molar-refractivity contribution is -0.144. The second kappa shape index (κ2) is 8.63.